The Kier molecular flexibility index (Phi) is 5.09. The SMILES string of the molecule is COc1ccc(-c2cc(-c3ccc([N+](=O)[O-])cc3)c(C#N)c(=O)[nH]2)cc1OC. The van der Waals surface area contributed by atoms with Crippen LogP contribution in [-0.4, -0.2) is 24.1 Å². The zero-order valence-corrected chi connectivity index (χ0v) is 15.1. The minimum Gasteiger partial charge on any atom is -0.493 e. The second-order valence-electron chi connectivity index (χ2n) is 5.79. The van der Waals surface area contributed by atoms with Crippen molar-refractivity contribution in [1.82, 2.24) is 4.98 Å². The van der Waals surface area contributed by atoms with Crippen molar-refractivity contribution in [3.05, 3.63) is 74.6 Å². The molecule has 1 aromatic heterocycles. The number of nitrogens with one attached hydrogen (secondary N) is 1. The van der Waals surface area contributed by atoms with Crippen LogP contribution < -0.4 is 15.0 Å². The average Bonchev–Trinajstić information content (AvgIpc) is 2.72. The smallest absolute Gasteiger partial charge is 0.269 e. The van der Waals surface area contributed by atoms with Gasteiger partial charge >= 0.3 is 0 Å². The number of aromatic amines is 1. The summed E-state index contributed by atoms with van der Waals surface area (Å²) in [5.74, 6) is 1.03. The number of benzene rings is 2. The molecular weight excluding hydrogens is 362 g/mol. The first kappa shape index (κ1) is 18.7. The van der Waals surface area contributed by atoms with E-state index in [4.69, 9.17) is 9.47 Å². The lowest BCUT2D eigenvalue weighted by Gasteiger charge is -2.11. The molecule has 0 amide bonds. The van der Waals surface area contributed by atoms with Crippen molar-refractivity contribution in [3.8, 4) is 40.0 Å². The number of nitro benzene ring substituents is 1. The molecule has 0 bridgehead atoms. The van der Waals surface area contributed by atoms with E-state index in [9.17, 15) is 20.2 Å². The van der Waals surface area contributed by atoms with Gasteiger partial charge in [-0.1, -0.05) is 0 Å². The molecule has 8 heteroatoms. The zero-order valence-electron chi connectivity index (χ0n) is 15.1. The molecule has 28 heavy (non-hydrogen) atoms. The van der Waals surface area contributed by atoms with Crippen LogP contribution in [0.15, 0.2) is 53.3 Å². The fourth-order valence-electron chi connectivity index (χ4n) is 2.82. The highest BCUT2D eigenvalue weighted by molar-refractivity contribution is 5.76. The molecule has 8 nitrogen and oxygen atoms in total. The summed E-state index contributed by atoms with van der Waals surface area (Å²) in [4.78, 5) is 25.5. The van der Waals surface area contributed by atoms with E-state index in [1.54, 1.807) is 24.3 Å². The maximum Gasteiger partial charge on any atom is 0.269 e. The number of nitriles is 1. The number of hydrogen-bond donors (Lipinski definition) is 1. The molecule has 1 N–H and O–H groups in total. The molecule has 2 aromatic carbocycles. The third-order valence-corrected chi connectivity index (χ3v) is 4.23. The minimum absolute atomic E-state index is 0.0712. The van der Waals surface area contributed by atoms with Gasteiger partial charge < -0.3 is 14.5 Å². The number of rotatable bonds is 5. The molecule has 0 aliphatic rings. The van der Waals surface area contributed by atoms with Gasteiger partial charge in [0.25, 0.3) is 11.2 Å². The lowest BCUT2D eigenvalue weighted by atomic mass is 9.98. The largest absolute Gasteiger partial charge is 0.493 e. The molecule has 0 unspecified atom stereocenters. The minimum atomic E-state index is -0.553. The predicted molar refractivity (Wildman–Crippen MR) is 102 cm³/mol. The van der Waals surface area contributed by atoms with E-state index in [0.29, 0.717) is 33.9 Å². The molecule has 0 spiro atoms. The van der Waals surface area contributed by atoms with Crippen LogP contribution in [-0.2, 0) is 0 Å². The van der Waals surface area contributed by atoms with Gasteiger partial charge in [-0.15, -0.1) is 0 Å². The summed E-state index contributed by atoms with van der Waals surface area (Å²) in [5.41, 5.74) is 1.33. The first-order valence-corrected chi connectivity index (χ1v) is 8.13. The number of hydrogen-bond acceptors (Lipinski definition) is 6. The number of H-pyrrole nitrogens is 1. The molecule has 1 heterocycles. The van der Waals surface area contributed by atoms with Gasteiger partial charge in [-0.05, 0) is 42.0 Å². The zero-order chi connectivity index (χ0) is 20.3. The molecular formula is C20H15N3O5. The predicted octanol–water partition coefficient (Wildman–Crippen LogP) is 3.51. The van der Waals surface area contributed by atoms with Crippen LogP contribution in [0.1, 0.15) is 5.56 Å². The van der Waals surface area contributed by atoms with Gasteiger partial charge in [-0.25, -0.2) is 0 Å². The Morgan fingerprint density at radius 1 is 1.00 bits per heavy atom. The van der Waals surface area contributed by atoms with Crippen LogP contribution in [0.5, 0.6) is 11.5 Å². The van der Waals surface area contributed by atoms with Crippen LogP contribution in [0, 0.1) is 21.4 Å². The lowest BCUT2D eigenvalue weighted by molar-refractivity contribution is -0.384. The molecule has 0 fully saturated rings. The molecule has 140 valence electrons. The van der Waals surface area contributed by atoms with Crippen molar-refractivity contribution < 1.29 is 14.4 Å². The number of aromatic nitrogens is 1. The van der Waals surface area contributed by atoms with Crippen molar-refractivity contribution in [2.24, 2.45) is 0 Å². The van der Waals surface area contributed by atoms with Crippen molar-refractivity contribution in [1.29, 1.82) is 5.26 Å². The average molecular weight is 377 g/mol. The summed E-state index contributed by atoms with van der Waals surface area (Å²) in [6.07, 6.45) is 0. The summed E-state index contributed by atoms with van der Waals surface area (Å²) in [6.45, 7) is 0. The molecule has 0 saturated carbocycles. The van der Waals surface area contributed by atoms with Gasteiger partial charge in [0, 0.05) is 29.0 Å². The Morgan fingerprint density at radius 2 is 1.64 bits per heavy atom. The number of nitrogens with zero attached hydrogens (tertiary/aromatic N) is 2. The van der Waals surface area contributed by atoms with Gasteiger partial charge in [-0.2, -0.15) is 5.26 Å². The summed E-state index contributed by atoms with van der Waals surface area (Å²) in [6, 6.07) is 14.4. The molecule has 0 aliphatic carbocycles. The Bertz CT molecular complexity index is 1140. The third kappa shape index (κ3) is 3.41. The van der Waals surface area contributed by atoms with Crippen LogP contribution in [0.2, 0.25) is 0 Å². The summed E-state index contributed by atoms with van der Waals surface area (Å²) in [5, 5.41) is 20.3. The summed E-state index contributed by atoms with van der Waals surface area (Å²) < 4.78 is 10.5. The number of nitro groups is 1. The van der Waals surface area contributed by atoms with Crippen LogP contribution in [0.4, 0.5) is 5.69 Å². The first-order chi connectivity index (χ1) is 13.5. The summed E-state index contributed by atoms with van der Waals surface area (Å²) in [7, 11) is 3.03. The Labute approximate surface area is 159 Å². The molecule has 3 aromatic rings. The van der Waals surface area contributed by atoms with E-state index in [2.05, 4.69) is 4.98 Å². The highest BCUT2D eigenvalue weighted by atomic mass is 16.6. The normalized spacial score (nSPS) is 10.2. The molecule has 3 rings (SSSR count). The van der Waals surface area contributed by atoms with E-state index in [1.807, 2.05) is 6.07 Å². The fraction of sp³-hybridized carbons (Fsp3) is 0.100. The van der Waals surface area contributed by atoms with Crippen LogP contribution in [0.3, 0.4) is 0 Å². The van der Waals surface area contributed by atoms with Crippen molar-refractivity contribution in [2.45, 2.75) is 0 Å². The van der Waals surface area contributed by atoms with Crippen molar-refractivity contribution >= 4 is 5.69 Å². The molecule has 0 radical (unpaired) electrons. The second kappa shape index (κ2) is 7.63. The lowest BCUT2D eigenvalue weighted by Crippen LogP contribution is -2.12. The fourth-order valence-corrected chi connectivity index (χ4v) is 2.82. The number of ether oxygens (including phenoxy) is 2. The number of methoxy groups -OCH3 is 2. The van der Waals surface area contributed by atoms with Gasteiger partial charge in [0.1, 0.15) is 11.6 Å². The van der Waals surface area contributed by atoms with E-state index in [1.165, 1.54) is 38.5 Å². The van der Waals surface area contributed by atoms with E-state index in [-0.39, 0.29) is 11.3 Å². The van der Waals surface area contributed by atoms with Gasteiger partial charge in [0.2, 0.25) is 0 Å². The maximum absolute atomic E-state index is 12.4. The monoisotopic (exact) mass is 377 g/mol. The second-order valence-corrected chi connectivity index (χ2v) is 5.79. The third-order valence-electron chi connectivity index (χ3n) is 4.23. The number of non-ortho nitro benzene ring substituents is 1. The van der Waals surface area contributed by atoms with Crippen LogP contribution in [0.25, 0.3) is 22.4 Å². The molecule has 0 aliphatic heterocycles. The van der Waals surface area contributed by atoms with E-state index < -0.39 is 10.5 Å². The summed E-state index contributed by atoms with van der Waals surface area (Å²) >= 11 is 0. The topological polar surface area (TPSA) is 118 Å². The van der Waals surface area contributed by atoms with Gasteiger partial charge in [0.15, 0.2) is 11.5 Å². The quantitative estimate of drug-likeness (QED) is 0.537. The number of pyridine rings is 1. The molecule has 0 saturated heterocycles. The Hall–Kier alpha value is -4.12. The highest BCUT2D eigenvalue weighted by Gasteiger charge is 2.15. The Balaban J connectivity index is 2.17. The van der Waals surface area contributed by atoms with E-state index in [0.717, 1.165) is 0 Å². The first-order valence-electron chi connectivity index (χ1n) is 8.13. The van der Waals surface area contributed by atoms with Gasteiger partial charge in [0.05, 0.1) is 19.1 Å². The highest BCUT2D eigenvalue weighted by Crippen LogP contribution is 2.33. The Morgan fingerprint density at radius 3 is 2.21 bits per heavy atom. The van der Waals surface area contributed by atoms with Crippen LogP contribution >= 0.6 is 0 Å². The van der Waals surface area contributed by atoms with Crippen molar-refractivity contribution in [3.63, 3.8) is 0 Å². The maximum atomic E-state index is 12.4. The van der Waals surface area contributed by atoms with E-state index >= 15 is 0 Å². The van der Waals surface area contributed by atoms with Crippen molar-refractivity contribution in [2.75, 3.05) is 14.2 Å². The molecule has 0 atom stereocenters. The standard InChI is InChI=1S/C20H15N3O5/c1-27-18-8-5-13(9-19(18)28-2)17-10-15(16(11-21)20(24)22-17)12-3-6-14(7-4-12)23(25)26/h3-10H,1-2H3,(H,22,24). The van der Waals surface area contributed by atoms with Gasteiger partial charge in [-0.3, -0.25) is 14.9 Å².